The highest BCUT2D eigenvalue weighted by Crippen LogP contribution is 2.00. The third-order valence-corrected chi connectivity index (χ3v) is 1.82. The van der Waals surface area contributed by atoms with Crippen LogP contribution in [-0.4, -0.2) is 23.9 Å². The second-order valence-electron chi connectivity index (χ2n) is 3.08. The molecule has 2 nitrogen and oxygen atoms in total. The highest BCUT2D eigenvalue weighted by molar-refractivity contribution is 5.76. The van der Waals surface area contributed by atoms with Crippen molar-refractivity contribution in [1.29, 1.82) is 0 Å². The zero-order chi connectivity index (χ0) is 10.1. The van der Waals surface area contributed by atoms with E-state index in [4.69, 9.17) is 6.42 Å². The summed E-state index contributed by atoms with van der Waals surface area (Å²) >= 11 is 0. The Balaban J connectivity index is 3.88. The van der Waals surface area contributed by atoms with Crippen LogP contribution >= 0.6 is 0 Å². The quantitative estimate of drug-likeness (QED) is 0.574. The first-order chi connectivity index (χ1) is 6.26. The number of carbonyl (C=O) groups is 1. The maximum absolute atomic E-state index is 11.5. The van der Waals surface area contributed by atoms with Crippen molar-refractivity contribution in [2.24, 2.45) is 0 Å². The standard InChI is InChI=1S/C11H19NO/c1-4-7-8-11(13)12(9-5-2)10-6-3/h1H,5-10H2,2-3H3. The highest BCUT2D eigenvalue weighted by atomic mass is 16.2. The zero-order valence-electron chi connectivity index (χ0n) is 8.68. The molecule has 0 radical (unpaired) electrons. The number of hydrogen-bond donors (Lipinski definition) is 0. The smallest absolute Gasteiger partial charge is 0.223 e. The van der Waals surface area contributed by atoms with Crippen molar-refractivity contribution in [2.45, 2.75) is 39.5 Å². The first-order valence-electron chi connectivity index (χ1n) is 4.97. The van der Waals surface area contributed by atoms with E-state index in [2.05, 4.69) is 19.8 Å². The highest BCUT2D eigenvalue weighted by Gasteiger charge is 2.09. The fraction of sp³-hybridized carbons (Fsp3) is 0.727. The van der Waals surface area contributed by atoms with Gasteiger partial charge in [0.15, 0.2) is 0 Å². The van der Waals surface area contributed by atoms with E-state index in [1.54, 1.807) is 0 Å². The van der Waals surface area contributed by atoms with Gasteiger partial charge in [-0.3, -0.25) is 4.79 Å². The lowest BCUT2D eigenvalue weighted by atomic mass is 10.2. The molecule has 0 N–H and O–H groups in total. The lowest BCUT2D eigenvalue weighted by Crippen LogP contribution is -2.32. The minimum atomic E-state index is 0.196. The Morgan fingerprint density at radius 1 is 1.31 bits per heavy atom. The predicted molar refractivity (Wildman–Crippen MR) is 55.2 cm³/mol. The van der Waals surface area contributed by atoms with Crippen molar-refractivity contribution in [3.05, 3.63) is 0 Å². The normalized spacial score (nSPS) is 9.31. The van der Waals surface area contributed by atoms with Crippen LogP contribution in [0.3, 0.4) is 0 Å². The molecule has 0 heterocycles. The summed E-state index contributed by atoms with van der Waals surface area (Å²) in [6.07, 6.45) is 8.19. The molecule has 0 aromatic rings. The summed E-state index contributed by atoms with van der Waals surface area (Å²) in [4.78, 5) is 13.4. The molecular weight excluding hydrogens is 162 g/mol. The number of nitrogens with zero attached hydrogens (tertiary/aromatic N) is 1. The van der Waals surface area contributed by atoms with Gasteiger partial charge in [-0.1, -0.05) is 13.8 Å². The van der Waals surface area contributed by atoms with Gasteiger partial charge in [0.2, 0.25) is 5.91 Å². The predicted octanol–water partition coefficient (Wildman–Crippen LogP) is 2.05. The van der Waals surface area contributed by atoms with Crippen LogP contribution in [0.5, 0.6) is 0 Å². The Kier molecular flexibility index (Phi) is 7.10. The number of amides is 1. The van der Waals surface area contributed by atoms with Gasteiger partial charge in [0.25, 0.3) is 0 Å². The van der Waals surface area contributed by atoms with E-state index < -0.39 is 0 Å². The Morgan fingerprint density at radius 2 is 1.85 bits per heavy atom. The molecule has 0 aliphatic heterocycles. The Hall–Kier alpha value is -0.970. The van der Waals surface area contributed by atoms with Gasteiger partial charge >= 0.3 is 0 Å². The van der Waals surface area contributed by atoms with Crippen LogP contribution in [-0.2, 0) is 4.79 Å². The van der Waals surface area contributed by atoms with Crippen molar-refractivity contribution in [3.8, 4) is 12.3 Å². The van der Waals surface area contributed by atoms with E-state index in [1.165, 1.54) is 0 Å². The van der Waals surface area contributed by atoms with Crippen LogP contribution in [0.25, 0.3) is 0 Å². The average molecular weight is 181 g/mol. The summed E-state index contributed by atoms with van der Waals surface area (Å²) in [7, 11) is 0. The van der Waals surface area contributed by atoms with Crippen molar-refractivity contribution >= 4 is 5.91 Å². The van der Waals surface area contributed by atoms with Crippen molar-refractivity contribution < 1.29 is 4.79 Å². The molecule has 0 aliphatic rings. The minimum Gasteiger partial charge on any atom is -0.343 e. The molecule has 0 spiro atoms. The monoisotopic (exact) mass is 181 g/mol. The number of carbonyl (C=O) groups excluding carboxylic acids is 1. The van der Waals surface area contributed by atoms with E-state index in [0.29, 0.717) is 12.8 Å². The van der Waals surface area contributed by atoms with E-state index in [9.17, 15) is 4.79 Å². The summed E-state index contributed by atoms with van der Waals surface area (Å²) in [6, 6.07) is 0. The van der Waals surface area contributed by atoms with Crippen molar-refractivity contribution in [2.75, 3.05) is 13.1 Å². The molecule has 1 amide bonds. The van der Waals surface area contributed by atoms with Gasteiger partial charge in [0.05, 0.1) is 0 Å². The van der Waals surface area contributed by atoms with Crippen LogP contribution in [0.4, 0.5) is 0 Å². The molecule has 0 aromatic carbocycles. The van der Waals surface area contributed by atoms with Gasteiger partial charge in [-0.25, -0.2) is 0 Å². The topological polar surface area (TPSA) is 20.3 Å². The van der Waals surface area contributed by atoms with Crippen molar-refractivity contribution in [1.82, 2.24) is 4.90 Å². The molecule has 0 aromatic heterocycles. The van der Waals surface area contributed by atoms with Crippen molar-refractivity contribution in [3.63, 3.8) is 0 Å². The summed E-state index contributed by atoms with van der Waals surface area (Å²) in [5.41, 5.74) is 0. The van der Waals surface area contributed by atoms with Crippen LogP contribution < -0.4 is 0 Å². The maximum atomic E-state index is 11.5. The molecule has 0 rings (SSSR count). The second kappa shape index (κ2) is 7.67. The molecule has 13 heavy (non-hydrogen) atoms. The number of terminal acetylenes is 1. The summed E-state index contributed by atoms with van der Waals surface area (Å²) in [5.74, 6) is 2.69. The van der Waals surface area contributed by atoms with Gasteiger partial charge in [-0.05, 0) is 12.8 Å². The first-order valence-corrected chi connectivity index (χ1v) is 4.97. The van der Waals surface area contributed by atoms with Crippen LogP contribution in [0, 0.1) is 12.3 Å². The van der Waals surface area contributed by atoms with E-state index in [0.717, 1.165) is 25.9 Å². The molecule has 0 aliphatic carbocycles. The summed E-state index contributed by atoms with van der Waals surface area (Å²) in [5, 5.41) is 0. The van der Waals surface area contributed by atoms with Gasteiger partial charge in [-0.15, -0.1) is 12.3 Å². The average Bonchev–Trinajstić information content (AvgIpc) is 2.14. The van der Waals surface area contributed by atoms with Crippen LogP contribution in [0.15, 0.2) is 0 Å². The zero-order valence-corrected chi connectivity index (χ0v) is 8.68. The summed E-state index contributed by atoms with van der Waals surface area (Å²) in [6.45, 7) is 5.88. The van der Waals surface area contributed by atoms with E-state index in [-0.39, 0.29) is 5.91 Å². The largest absolute Gasteiger partial charge is 0.343 e. The molecule has 74 valence electrons. The molecule has 0 bridgehead atoms. The molecule has 0 atom stereocenters. The van der Waals surface area contributed by atoms with Gasteiger partial charge in [0.1, 0.15) is 0 Å². The SMILES string of the molecule is C#CCCC(=O)N(CCC)CCC. The third-order valence-electron chi connectivity index (χ3n) is 1.82. The van der Waals surface area contributed by atoms with Gasteiger partial charge < -0.3 is 4.90 Å². The number of rotatable bonds is 6. The fourth-order valence-electron chi connectivity index (χ4n) is 1.24. The molecular formula is C11H19NO. The molecule has 0 saturated carbocycles. The Morgan fingerprint density at radius 3 is 2.23 bits per heavy atom. The molecule has 0 unspecified atom stereocenters. The summed E-state index contributed by atoms with van der Waals surface area (Å²) < 4.78 is 0. The van der Waals surface area contributed by atoms with Crippen LogP contribution in [0.2, 0.25) is 0 Å². The molecule has 0 saturated heterocycles. The first kappa shape index (κ1) is 12.0. The lowest BCUT2D eigenvalue weighted by molar-refractivity contribution is -0.131. The molecule has 2 heteroatoms. The van der Waals surface area contributed by atoms with Crippen LogP contribution in [0.1, 0.15) is 39.5 Å². The van der Waals surface area contributed by atoms with Gasteiger partial charge in [0, 0.05) is 25.9 Å². The Bertz CT molecular complexity index is 175. The minimum absolute atomic E-state index is 0.196. The second-order valence-corrected chi connectivity index (χ2v) is 3.08. The van der Waals surface area contributed by atoms with E-state index >= 15 is 0 Å². The third kappa shape index (κ3) is 5.30. The Labute approximate surface area is 81.3 Å². The fourth-order valence-corrected chi connectivity index (χ4v) is 1.24. The number of hydrogen-bond acceptors (Lipinski definition) is 1. The van der Waals surface area contributed by atoms with Gasteiger partial charge in [-0.2, -0.15) is 0 Å². The lowest BCUT2D eigenvalue weighted by Gasteiger charge is -2.20. The maximum Gasteiger partial charge on any atom is 0.223 e. The van der Waals surface area contributed by atoms with E-state index in [1.807, 2.05) is 4.90 Å². The molecule has 0 fully saturated rings.